The second-order valence-corrected chi connectivity index (χ2v) is 16.7. The van der Waals surface area contributed by atoms with Gasteiger partial charge in [-0.2, -0.15) is 0 Å². The van der Waals surface area contributed by atoms with Crippen molar-refractivity contribution in [1.29, 1.82) is 0 Å². The molecule has 2 nitrogen and oxygen atoms in total. The molecule has 9 unspecified atom stereocenters. The van der Waals surface area contributed by atoms with Gasteiger partial charge in [0.25, 0.3) is 0 Å². The van der Waals surface area contributed by atoms with Crippen LogP contribution in [0.1, 0.15) is 127 Å². The summed E-state index contributed by atoms with van der Waals surface area (Å²) >= 11 is 0. The van der Waals surface area contributed by atoms with Crippen molar-refractivity contribution in [2.75, 3.05) is 0 Å². The van der Waals surface area contributed by atoms with Crippen LogP contribution in [0.2, 0.25) is 0 Å². The van der Waals surface area contributed by atoms with Crippen molar-refractivity contribution in [3.8, 4) is 0 Å². The van der Waals surface area contributed by atoms with Crippen molar-refractivity contribution >= 4 is 5.97 Å². The summed E-state index contributed by atoms with van der Waals surface area (Å²) in [6.07, 6.45) is 12.3. The summed E-state index contributed by atoms with van der Waals surface area (Å²) in [6, 6.07) is 0. The van der Waals surface area contributed by atoms with Gasteiger partial charge in [0.2, 0.25) is 0 Å². The monoisotopic (exact) mass is 468 g/mol. The SMILES string of the molecule is CC1CCC2CC1(C1(C)CCC3CC1(C14CC(CCC1(C)CC(=O)O)C4(C)C)C3(C)C)C2(C)C. The van der Waals surface area contributed by atoms with Gasteiger partial charge in [0.15, 0.2) is 0 Å². The molecule has 34 heavy (non-hydrogen) atoms. The third-order valence-electron chi connectivity index (χ3n) is 16.1. The Bertz CT molecular complexity index is 945. The van der Waals surface area contributed by atoms with Crippen LogP contribution in [0, 0.1) is 67.0 Å². The van der Waals surface area contributed by atoms with Crippen LogP contribution in [0.25, 0.3) is 0 Å². The molecule has 2 heteroatoms. The van der Waals surface area contributed by atoms with E-state index in [1.54, 1.807) is 0 Å². The lowest BCUT2D eigenvalue weighted by atomic mass is 9.11. The molecule has 9 saturated carbocycles. The Kier molecular flexibility index (Phi) is 4.29. The number of carboxylic acid groups (broad SMARTS) is 1. The van der Waals surface area contributed by atoms with Gasteiger partial charge in [-0.15, -0.1) is 0 Å². The maximum absolute atomic E-state index is 12.4. The number of carbonyl (C=O) groups is 1. The predicted octanol–water partition coefficient (Wildman–Crippen LogP) is 8.59. The molecule has 9 aliphatic rings. The molecule has 9 fully saturated rings. The molecule has 6 bridgehead atoms. The van der Waals surface area contributed by atoms with Gasteiger partial charge in [-0.05, 0) is 125 Å². The van der Waals surface area contributed by atoms with Crippen LogP contribution in [-0.2, 0) is 4.79 Å². The molecule has 9 aliphatic carbocycles. The van der Waals surface area contributed by atoms with Crippen LogP contribution >= 0.6 is 0 Å². The smallest absolute Gasteiger partial charge is 0.303 e. The topological polar surface area (TPSA) is 37.3 Å². The third-order valence-corrected chi connectivity index (χ3v) is 16.1. The van der Waals surface area contributed by atoms with Gasteiger partial charge in [0.05, 0.1) is 6.42 Å². The van der Waals surface area contributed by atoms with Gasteiger partial charge >= 0.3 is 5.97 Å². The quantitative estimate of drug-likeness (QED) is 0.448. The first kappa shape index (κ1) is 23.8. The highest BCUT2D eigenvalue weighted by Gasteiger charge is 2.90. The number of rotatable bonds is 4. The van der Waals surface area contributed by atoms with Crippen molar-refractivity contribution in [2.45, 2.75) is 127 Å². The third kappa shape index (κ3) is 1.92. The maximum Gasteiger partial charge on any atom is 0.303 e. The summed E-state index contributed by atoms with van der Waals surface area (Å²) in [6.45, 7) is 23.5. The van der Waals surface area contributed by atoms with Crippen LogP contribution in [0.5, 0.6) is 0 Å². The van der Waals surface area contributed by atoms with Crippen molar-refractivity contribution < 1.29 is 9.90 Å². The number of carboxylic acids is 1. The summed E-state index contributed by atoms with van der Waals surface area (Å²) in [5.74, 6) is 2.67. The maximum atomic E-state index is 12.4. The minimum Gasteiger partial charge on any atom is -0.481 e. The van der Waals surface area contributed by atoms with Crippen molar-refractivity contribution in [2.24, 2.45) is 67.0 Å². The van der Waals surface area contributed by atoms with Gasteiger partial charge in [-0.1, -0.05) is 62.3 Å². The molecule has 9 rings (SSSR count). The van der Waals surface area contributed by atoms with Gasteiger partial charge in [-0.25, -0.2) is 0 Å². The fourth-order valence-corrected chi connectivity index (χ4v) is 14.7. The largest absolute Gasteiger partial charge is 0.481 e. The van der Waals surface area contributed by atoms with E-state index in [0.717, 1.165) is 30.1 Å². The standard InChI is InChI=1S/C32H52O2/c1-20-10-11-21-16-30(20,25(21,2)3)29(9)15-13-23-18-32(29,27(23,6)7)31-17-22(26(31,4)5)12-14-28(31,8)19-24(33)34/h20-23H,10-19H2,1-9H3,(H,33,34). The zero-order valence-corrected chi connectivity index (χ0v) is 23.7. The fourth-order valence-electron chi connectivity index (χ4n) is 14.7. The Morgan fingerprint density at radius 1 is 0.706 bits per heavy atom. The van der Waals surface area contributed by atoms with Crippen molar-refractivity contribution in [1.82, 2.24) is 0 Å². The van der Waals surface area contributed by atoms with E-state index in [1.807, 2.05) is 0 Å². The van der Waals surface area contributed by atoms with Crippen molar-refractivity contribution in [3.63, 3.8) is 0 Å². The van der Waals surface area contributed by atoms with E-state index in [-0.39, 0.29) is 32.5 Å². The minimum atomic E-state index is -0.571. The molecule has 0 aromatic heterocycles. The number of aliphatic carboxylic acids is 1. The predicted molar refractivity (Wildman–Crippen MR) is 138 cm³/mol. The van der Waals surface area contributed by atoms with Crippen LogP contribution < -0.4 is 0 Å². The van der Waals surface area contributed by atoms with Crippen LogP contribution in [0.15, 0.2) is 0 Å². The lowest BCUT2D eigenvalue weighted by molar-refractivity contribution is -0.455. The number of fused-ring (bicyclic) bond motifs is 6. The zero-order chi connectivity index (χ0) is 25.0. The highest BCUT2D eigenvalue weighted by atomic mass is 16.4. The Hall–Kier alpha value is -0.530. The molecule has 0 spiro atoms. The second-order valence-electron chi connectivity index (χ2n) is 16.7. The second kappa shape index (κ2) is 6.12. The Labute approximate surface area is 209 Å². The Morgan fingerprint density at radius 2 is 1.24 bits per heavy atom. The van der Waals surface area contributed by atoms with E-state index in [0.29, 0.717) is 17.3 Å². The minimum absolute atomic E-state index is 0.111. The summed E-state index contributed by atoms with van der Waals surface area (Å²) in [4.78, 5) is 12.4. The molecule has 0 aromatic carbocycles. The van der Waals surface area contributed by atoms with Crippen LogP contribution in [0.3, 0.4) is 0 Å². The molecule has 0 heterocycles. The average Bonchev–Trinajstić information content (AvgIpc) is 2.72. The van der Waals surface area contributed by atoms with Gasteiger partial charge in [-0.3, -0.25) is 4.79 Å². The van der Waals surface area contributed by atoms with Gasteiger partial charge in [0.1, 0.15) is 0 Å². The van der Waals surface area contributed by atoms with E-state index in [1.165, 1.54) is 51.4 Å². The average molecular weight is 469 g/mol. The summed E-state index contributed by atoms with van der Waals surface area (Å²) < 4.78 is 0. The van der Waals surface area contributed by atoms with E-state index < -0.39 is 5.97 Å². The Morgan fingerprint density at radius 3 is 1.74 bits per heavy atom. The van der Waals surface area contributed by atoms with Crippen LogP contribution in [0.4, 0.5) is 0 Å². The van der Waals surface area contributed by atoms with E-state index in [2.05, 4.69) is 62.3 Å². The highest BCUT2D eigenvalue weighted by Crippen LogP contribution is 2.96. The first-order chi connectivity index (χ1) is 15.5. The van der Waals surface area contributed by atoms with Crippen LogP contribution in [-0.4, -0.2) is 11.1 Å². The molecule has 0 saturated heterocycles. The normalized spacial score (nSPS) is 57.6. The molecule has 1 N–H and O–H groups in total. The zero-order valence-electron chi connectivity index (χ0n) is 23.7. The first-order valence-corrected chi connectivity index (χ1v) is 14.7. The number of hydrogen-bond donors (Lipinski definition) is 1. The van der Waals surface area contributed by atoms with E-state index >= 15 is 0 Å². The molecule has 9 atom stereocenters. The summed E-state index contributed by atoms with van der Waals surface area (Å²) in [7, 11) is 0. The van der Waals surface area contributed by atoms with Gasteiger partial charge < -0.3 is 5.11 Å². The summed E-state index contributed by atoms with van der Waals surface area (Å²) in [5.41, 5.74) is 1.81. The highest BCUT2D eigenvalue weighted by molar-refractivity contribution is 5.68. The fraction of sp³-hybridized carbons (Fsp3) is 0.969. The molecule has 192 valence electrons. The molecule has 0 amide bonds. The van der Waals surface area contributed by atoms with Crippen molar-refractivity contribution in [3.05, 3.63) is 0 Å². The lowest BCUT2D eigenvalue weighted by Gasteiger charge is -2.93. The van der Waals surface area contributed by atoms with Gasteiger partial charge in [0, 0.05) is 0 Å². The molecular weight excluding hydrogens is 416 g/mol. The lowest BCUT2D eigenvalue weighted by Crippen LogP contribution is -2.87. The summed E-state index contributed by atoms with van der Waals surface area (Å²) in [5, 5.41) is 10.2. The molecule has 0 radical (unpaired) electrons. The molecule has 0 aliphatic heterocycles. The first-order valence-electron chi connectivity index (χ1n) is 14.7. The van der Waals surface area contributed by atoms with E-state index in [9.17, 15) is 9.90 Å². The molecule has 0 aromatic rings. The van der Waals surface area contributed by atoms with E-state index in [4.69, 9.17) is 0 Å². The Balaban J connectivity index is 1.63. The number of hydrogen-bond acceptors (Lipinski definition) is 1. The molecular formula is C32H52O2.